The number of methoxy groups -OCH3 is 1. The predicted octanol–water partition coefficient (Wildman–Crippen LogP) is 0.456. The molecule has 104 valence electrons. The van der Waals surface area contributed by atoms with Crippen molar-refractivity contribution in [3.05, 3.63) is 29.3 Å². The highest BCUT2D eigenvalue weighted by Crippen LogP contribution is 2.28. The molecule has 0 aromatic heterocycles. The molecule has 1 unspecified atom stereocenters. The van der Waals surface area contributed by atoms with Gasteiger partial charge >= 0.3 is 5.97 Å². The SMILES string of the molecule is COC(=O)C1CC(=O)N(c2ccc3c(c2)C(=O)NC3)C1. The lowest BCUT2D eigenvalue weighted by molar-refractivity contribution is -0.145. The van der Waals surface area contributed by atoms with E-state index in [1.54, 1.807) is 12.1 Å². The topological polar surface area (TPSA) is 75.7 Å². The fraction of sp³-hybridized carbons (Fsp3) is 0.357. The van der Waals surface area contributed by atoms with E-state index in [0.717, 1.165) is 5.56 Å². The fourth-order valence-corrected chi connectivity index (χ4v) is 2.65. The first-order valence-electron chi connectivity index (χ1n) is 6.39. The number of carbonyl (C=O) groups is 3. The first-order chi connectivity index (χ1) is 9.60. The van der Waals surface area contributed by atoms with Crippen LogP contribution in [-0.2, 0) is 20.9 Å². The highest BCUT2D eigenvalue weighted by molar-refractivity contribution is 6.03. The number of anilines is 1. The number of carbonyl (C=O) groups excluding carboxylic acids is 3. The molecular weight excluding hydrogens is 260 g/mol. The van der Waals surface area contributed by atoms with Gasteiger partial charge in [0, 0.05) is 30.8 Å². The van der Waals surface area contributed by atoms with Gasteiger partial charge in [0.2, 0.25) is 5.91 Å². The second kappa shape index (κ2) is 4.63. The molecule has 6 heteroatoms. The smallest absolute Gasteiger partial charge is 0.311 e. The van der Waals surface area contributed by atoms with Gasteiger partial charge in [0.1, 0.15) is 0 Å². The van der Waals surface area contributed by atoms with E-state index in [4.69, 9.17) is 0 Å². The predicted molar refractivity (Wildman–Crippen MR) is 70.1 cm³/mol. The first-order valence-corrected chi connectivity index (χ1v) is 6.39. The Hall–Kier alpha value is -2.37. The summed E-state index contributed by atoms with van der Waals surface area (Å²) in [6.45, 7) is 0.819. The van der Waals surface area contributed by atoms with E-state index in [1.165, 1.54) is 12.0 Å². The Labute approximate surface area is 115 Å². The molecule has 1 fully saturated rings. The molecule has 1 N–H and O–H groups in total. The van der Waals surface area contributed by atoms with Crippen LogP contribution in [0.1, 0.15) is 22.3 Å². The van der Waals surface area contributed by atoms with Gasteiger partial charge < -0.3 is 15.0 Å². The summed E-state index contributed by atoms with van der Waals surface area (Å²) in [5.74, 6) is -1.06. The zero-order valence-corrected chi connectivity index (χ0v) is 11.0. The summed E-state index contributed by atoms with van der Waals surface area (Å²) < 4.78 is 4.68. The van der Waals surface area contributed by atoms with E-state index in [-0.39, 0.29) is 24.2 Å². The molecular formula is C14H14N2O4. The van der Waals surface area contributed by atoms with Gasteiger partial charge in [-0.2, -0.15) is 0 Å². The standard InChI is InChI=1S/C14H14N2O4/c1-20-14(19)9-4-12(17)16(7-9)10-3-2-8-6-15-13(18)11(8)5-10/h2-3,5,9H,4,6-7H2,1H3,(H,15,18). The Morgan fingerprint density at radius 1 is 1.40 bits per heavy atom. The molecule has 3 rings (SSSR count). The third-order valence-corrected chi connectivity index (χ3v) is 3.75. The number of hydrogen-bond acceptors (Lipinski definition) is 4. The summed E-state index contributed by atoms with van der Waals surface area (Å²) in [5, 5.41) is 2.73. The maximum absolute atomic E-state index is 12.0. The molecule has 1 atom stereocenters. The second-order valence-corrected chi connectivity index (χ2v) is 4.95. The number of fused-ring (bicyclic) bond motifs is 1. The number of rotatable bonds is 2. The quantitative estimate of drug-likeness (QED) is 0.795. The molecule has 20 heavy (non-hydrogen) atoms. The van der Waals surface area contributed by atoms with Crippen molar-refractivity contribution in [3.63, 3.8) is 0 Å². The van der Waals surface area contributed by atoms with E-state index >= 15 is 0 Å². The van der Waals surface area contributed by atoms with Crippen LogP contribution in [0.4, 0.5) is 5.69 Å². The molecule has 0 aliphatic carbocycles. The molecule has 1 saturated heterocycles. The minimum absolute atomic E-state index is 0.126. The van der Waals surface area contributed by atoms with Crippen LogP contribution in [0.5, 0.6) is 0 Å². The summed E-state index contributed by atoms with van der Waals surface area (Å²) in [4.78, 5) is 36.7. The van der Waals surface area contributed by atoms with Crippen LogP contribution in [0.2, 0.25) is 0 Å². The number of esters is 1. The van der Waals surface area contributed by atoms with Gasteiger partial charge in [-0.1, -0.05) is 6.07 Å². The minimum Gasteiger partial charge on any atom is -0.469 e. The molecule has 0 saturated carbocycles. The van der Waals surface area contributed by atoms with Crippen LogP contribution in [0.15, 0.2) is 18.2 Å². The van der Waals surface area contributed by atoms with Crippen LogP contribution in [0, 0.1) is 5.92 Å². The number of ether oxygens (including phenoxy) is 1. The molecule has 0 spiro atoms. The Kier molecular flexibility index (Phi) is 2.93. The highest BCUT2D eigenvalue weighted by atomic mass is 16.5. The average Bonchev–Trinajstić information content (AvgIpc) is 3.02. The lowest BCUT2D eigenvalue weighted by Crippen LogP contribution is -2.26. The summed E-state index contributed by atoms with van der Waals surface area (Å²) in [7, 11) is 1.31. The summed E-state index contributed by atoms with van der Waals surface area (Å²) in [6, 6.07) is 5.34. The maximum Gasteiger partial charge on any atom is 0.311 e. The van der Waals surface area contributed by atoms with Gasteiger partial charge in [0.15, 0.2) is 0 Å². The Morgan fingerprint density at radius 2 is 2.20 bits per heavy atom. The Bertz CT molecular complexity index is 611. The minimum atomic E-state index is -0.436. The van der Waals surface area contributed by atoms with Gasteiger partial charge in [-0.25, -0.2) is 0 Å². The molecule has 0 bridgehead atoms. The summed E-state index contributed by atoms with van der Waals surface area (Å²) >= 11 is 0. The van der Waals surface area contributed by atoms with Gasteiger partial charge in [0.05, 0.1) is 13.0 Å². The van der Waals surface area contributed by atoms with Crippen molar-refractivity contribution >= 4 is 23.5 Å². The maximum atomic E-state index is 12.0. The Morgan fingerprint density at radius 3 is 2.95 bits per heavy atom. The largest absolute Gasteiger partial charge is 0.469 e. The van der Waals surface area contributed by atoms with E-state index in [0.29, 0.717) is 24.3 Å². The van der Waals surface area contributed by atoms with E-state index in [2.05, 4.69) is 10.1 Å². The van der Waals surface area contributed by atoms with Crippen molar-refractivity contribution in [1.29, 1.82) is 0 Å². The van der Waals surface area contributed by atoms with Crippen LogP contribution >= 0.6 is 0 Å². The normalized spacial score (nSPS) is 20.9. The molecule has 2 aliphatic heterocycles. The van der Waals surface area contributed by atoms with Crippen molar-refractivity contribution in [1.82, 2.24) is 5.32 Å². The third kappa shape index (κ3) is 1.93. The van der Waals surface area contributed by atoms with Gasteiger partial charge in [-0.05, 0) is 17.7 Å². The van der Waals surface area contributed by atoms with Crippen LogP contribution in [0.25, 0.3) is 0 Å². The molecule has 0 radical (unpaired) electrons. The second-order valence-electron chi connectivity index (χ2n) is 4.95. The number of benzene rings is 1. The molecule has 6 nitrogen and oxygen atoms in total. The number of nitrogens with one attached hydrogen (secondary N) is 1. The highest BCUT2D eigenvalue weighted by Gasteiger charge is 2.36. The summed E-state index contributed by atoms with van der Waals surface area (Å²) in [6.07, 6.45) is 0.149. The molecule has 2 aliphatic rings. The van der Waals surface area contributed by atoms with Crippen molar-refractivity contribution in [2.24, 2.45) is 5.92 Å². The average molecular weight is 274 g/mol. The van der Waals surface area contributed by atoms with Crippen molar-refractivity contribution in [2.45, 2.75) is 13.0 Å². The van der Waals surface area contributed by atoms with Crippen molar-refractivity contribution in [3.8, 4) is 0 Å². The van der Waals surface area contributed by atoms with E-state index in [9.17, 15) is 14.4 Å². The van der Waals surface area contributed by atoms with E-state index < -0.39 is 5.92 Å². The first kappa shape index (κ1) is 12.7. The van der Waals surface area contributed by atoms with Crippen LogP contribution in [-0.4, -0.2) is 31.4 Å². The monoisotopic (exact) mass is 274 g/mol. The summed E-state index contributed by atoms with van der Waals surface area (Å²) in [5.41, 5.74) is 2.17. The van der Waals surface area contributed by atoms with Gasteiger partial charge in [-0.3, -0.25) is 14.4 Å². The van der Waals surface area contributed by atoms with Crippen molar-refractivity contribution < 1.29 is 19.1 Å². The number of nitrogens with zero attached hydrogens (tertiary/aromatic N) is 1. The molecule has 1 aromatic carbocycles. The number of hydrogen-bond donors (Lipinski definition) is 1. The van der Waals surface area contributed by atoms with E-state index in [1.807, 2.05) is 6.07 Å². The lowest BCUT2D eigenvalue weighted by Gasteiger charge is -2.17. The third-order valence-electron chi connectivity index (χ3n) is 3.75. The Balaban J connectivity index is 1.87. The lowest BCUT2D eigenvalue weighted by atomic mass is 10.1. The zero-order chi connectivity index (χ0) is 14.3. The van der Waals surface area contributed by atoms with Crippen LogP contribution in [0.3, 0.4) is 0 Å². The molecule has 2 heterocycles. The van der Waals surface area contributed by atoms with Crippen molar-refractivity contribution in [2.75, 3.05) is 18.6 Å². The molecule has 1 aromatic rings. The number of amides is 2. The fourth-order valence-electron chi connectivity index (χ4n) is 2.65. The van der Waals surface area contributed by atoms with Gasteiger partial charge in [-0.15, -0.1) is 0 Å². The van der Waals surface area contributed by atoms with Gasteiger partial charge in [0.25, 0.3) is 5.91 Å². The zero-order valence-electron chi connectivity index (χ0n) is 11.0. The van der Waals surface area contributed by atoms with Crippen LogP contribution < -0.4 is 10.2 Å². The molecule has 2 amide bonds.